The molecule has 1 saturated heterocycles. The van der Waals surface area contributed by atoms with Crippen molar-refractivity contribution < 1.29 is 14.6 Å². The molecule has 1 aromatic rings. The fraction of sp³-hybridized carbons (Fsp3) is 0.500. The molecule has 0 saturated carbocycles. The van der Waals surface area contributed by atoms with Gasteiger partial charge in [-0.25, -0.2) is 0 Å². The van der Waals surface area contributed by atoms with Crippen LogP contribution in [0.4, 0.5) is 5.69 Å². The fourth-order valence-corrected chi connectivity index (χ4v) is 2.42. The molecule has 1 fully saturated rings. The van der Waals surface area contributed by atoms with E-state index < -0.39 is 0 Å². The van der Waals surface area contributed by atoms with Gasteiger partial charge in [-0.15, -0.1) is 0 Å². The molecule has 2 atom stereocenters. The number of carbonyl (C=O) groups excluding carboxylic acids is 1. The summed E-state index contributed by atoms with van der Waals surface area (Å²) in [5, 5.41) is 12.9. The third-order valence-corrected chi connectivity index (χ3v) is 3.64. The Hall–Kier alpha value is -1.26. The minimum absolute atomic E-state index is 0.0249. The first-order valence-electron chi connectivity index (χ1n) is 6.51. The van der Waals surface area contributed by atoms with Gasteiger partial charge in [0.15, 0.2) is 0 Å². The SMILES string of the molecule is CC[C@H]1C[C@H](C(=O)Nc2cc(Cl)ccc2O)CCO1. The maximum Gasteiger partial charge on any atom is 0.227 e. The van der Waals surface area contributed by atoms with E-state index in [0.29, 0.717) is 23.7 Å². The Morgan fingerprint density at radius 2 is 2.37 bits per heavy atom. The lowest BCUT2D eigenvalue weighted by Gasteiger charge is -2.28. The number of hydrogen-bond donors (Lipinski definition) is 2. The van der Waals surface area contributed by atoms with Crippen LogP contribution in [0, 0.1) is 5.92 Å². The van der Waals surface area contributed by atoms with Crippen LogP contribution in [0.15, 0.2) is 18.2 Å². The molecule has 104 valence electrons. The second kappa shape index (κ2) is 6.26. The van der Waals surface area contributed by atoms with Gasteiger partial charge in [-0.2, -0.15) is 0 Å². The normalized spacial score (nSPS) is 23.1. The number of carbonyl (C=O) groups is 1. The van der Waals surface area contributed by atoms with E-state index in [1.807, 2.05) is 6.92 Å². The Kier molecular flexibility index (Phi) is 4.66. The predicted octanol–water partition coefficient (Wildman–Crippen LogP) is 3.19. The van der Waals surface area contributed by atoms with Gasteiger partial charge < -0.3 is 15.2 Å². The molecule has 1 aromatic carbocycles. The number of amides is 1. The molecule has 1 heterocycles. The predicted molar refractivity (Wildman–Crippen MR) is 74.5 cm³/mol. The van der Waals surface area contributed by atoms with Gasteiger partial charge in [-0.3, -0.25) is 4.79 Å². The van der Waals surface area contributed by atoms with Crippen LogP contribution in [-0.2, 0) is 9.53 Å². The summed E-state index contributed by atoms with van der Waals surface area (Å²) in [4.78, 5) is 12.2. The van der Waals surface area contributed by atoms with E-state index in [1.165, 1.54) is 6.07 Å². The van der Waals surface area contributed by atoms with Crippen molar-refractivity contribution in [3.63, 3.8) is 0 Å². The molecule has 0 unspecified atom stereocenters. The molecule has 1 amide bonds. The van der Waals surface area contributed by atoms with Crippen molar-refractivity contribution in [2.75, 3.05) is 11.9 Å². The third kappa shape index (κ3) is 3.61. The first kappa shape index (κ1) is 14.2. The number of rotatable bonds is 3. The molecule has 0 aliphatic carbocycles. The summed E-state index contributed by atoms with van der Waals surface area (Å²) in [6.45, 7) is 2.66. The molecule has 0 aromatic heterocycles. The first-order chi connectivity index (χ1) is 9.10. The van der Waals surface area contributed by atoms with Crippen molar-refractivity contribution in [1.82, 2.24) is 0 Å². The Labute approximate surface area is 117 Å². The van der Waals surface area contributed by atoms with Gasteiger partial charge >= 0.3 is 0 Å². The first-order valence-corrected chi connectivity index (χ1v) is 6.89. The molecule has 19 heavy (non-hydrogen) atoms. The zero-order valence-corrected chi connectivity index (χ0v) is 11.6. The molecule has 4 nitrogen and oxygen atoms in total. The molecular formula is C14H18ClNO3. The van der Waals surface area contributed by atoms with E-state index in [-0.39, 0.29) is 23.7 Å². The molecule has 5 heteroatoms. The monoisotopic (exact) mass is 283 g/mol. The van der Waals surface area contributed by atoms with Crippen molar-refractivity contribution in [2.24, 2.45) is 5.92 Å². The number of phenolic OH excluding ortho intramolecular Hbond substituents is 1. The Bertz CT molecular complexity index is 464. The van der Waals surface area contributed by atoms with Gasteiger partial charge in [-0.1, -0.05) is 18.5 Å². The molecule has 2 rings (SSSR count). The molecule has 0 radical (unpaired) electrons. The van der Waals surface area contributed by atoms with Crippen LogP contribution in [-0.4, -0.2) is 23.7 Å². The zero-order chi connectivity index (χ0) is 13.8. The summed E-state index contributed by atoms with van der Waals surface area (Å²) in [7, 11) is 0. The van der Waals surface area contributed by atoms with E-state index in [1.54, 1.807) is 12.1 Å². The molecular weight excluding hydrogens is 266 g/mol. The average Bonchev–Trinajstić information content (AvgIpc) is 2.43. The zero-order valence-electron chi connectivity index (χ0n) is 10.9. The average molecular weight is 284 g/mol. The number of halogens is 1. The maximum absolute atomic E-state index is 12.2. The lowest BCUT2D eigenvalue weighted by molar-refractivity contribution is -0.124. The van der Waals surface area contributed by atoms with Crippen molar-refractivity contribution >= 4 is 23.2 Å². The van der Waals surface area contributed by atoms with Gasteiger partial charge in [0.2, 0.25) is 5.91 Å². The van der Waals surface area contributed by atoms with Crippen LogP contribution in [0.1, 0.15) is 26.2 Å². The van der Waals surface area contributed by atoms with Crippen LogP contribution in [0.2, 0.25) is 5.02 Å². The van der Waals surface area contributed by atoms with Gasteiger partial charge in [0.25, 0.3) is 0 Å². The van der Waals surface area contributed by atoms with Crippen molar-refractivity contribution in [1.29, 1.82) is 0 Å². The van der Waals surface area contributed by atoms with Crippen molar-refractivity contribution in [2.45, 2.75) is 32.3 Å². The second-order valence-corrected chi connectivity index (χ2v) is 5.21. The Morgan fingerprint density at radius 1 is 1.58 bits per heavy atom. The fourth-order valence-electron chi connectivity index (χ4n) is 2.25. The van der Waals surface area contributed by atoms with Crippen LogP contribution < -0.4 is 5.32 Å². The lowest BCUT2D eigenvalue weighted by atomic mass is 9.93. The standard InChI is InChI=1S/C14H18ClNO3/c1-2-11-7-9(5-6-19-11)14(18)16-12-8-10(15)3-4-13(12)17/h3-4,8-9,11,17H,2,5-7H2,1H3,(H,16,18)/t9-,11+/m1/s1. The topological polar surface area (TPSA) is 58.6 Å². The lowest BCUT2D eigenvalue weighted by Crippen LogP contribution is -2.33. The number of ether oxygens (including phenoxy) is 1. The van der Waals surface area contributed by atoms with Gasteiger partial charge in [0, 0.05) is 17.5 Å². The highest BCUT2D eigenvalue weighted by Crippen LogP contribution is 2.29. The summed E-state index contributed by atoms with van der Waals surface area (Å²) < 4.78 is 5.55. The van der Waals surface area contributed by atoms with Gasteiger partial charge in [0.1, 0.15) is 5.75 Å². The number of aromatic hydroxyl groups is 1. The molecule has 0 spiro atoms. The smallest absolute Gasteiger partial charge is 0.227 e. The van der Waals surface area contributed by atoms with E-state index in [0.717, 1.165) is 12.8 Å². The van der Waals surface area contributed by atoms with E-state index in [4.69, 9.17) is 16.3 Å². The molecule has 1 aliphatic heterocycles. The van der Waals surface area contributed by atoms with Gasteiger partial charge in [0.05, 0.1) is 11.8 Å². The summed E-state index contributed by atoms with van der Waals surface area (Å²) >= 11 is 5.85. The van der Waals surface area contributed by atoms with Crippen LogP contribution in [0.3, 0.4) is 0 Å². The highest BCUT2D eigenvalue weighted by molar-refractivity contribution is 6.31. The van der Waals surface area contributed by atoms with Gasteiger partial charge in [-0.05, 0) is 37.5 Å². The summed E-state index contributed by atoms with van der Waals surface area (Å²) in [5.74, 6) is -0.131. The van der Waals surface area contributed by atoms with Crippen molar-refractivity contribution in [3.05, 3.63) is 23.2 Å². The maximum atomic E-state index is 12.2. The van der Waals surface area contributed by atoms with Crippen LogP contribution in [0.5, 0.6) is 5.75 Å². The second-order valence-electron chi connectivity index (χ2n) is 4.77. The summed E-state index contributed by atoms with van der Waals surface area (Å²) in [5.41, 5.74) is 0.358. The summed E-state index contributed by atoms with van der Waals surface area (Å²) in [6, 6.07) is 4.59. The molecule has 1 aliphatic rings. The number of phenols is 1. The highest BCUT2D eigenvalue weighted by Gasteiger charge is 2.27. The molecule has 0 bridgehead atoms. The molecule has 2 N–H and O–H groups in total. The Balaban J connectivity index is 2.02. The van der Waals surface area contributed by atoms with E-state index in [2.05, 4.69) is 5.32 Å². The quantitative estimate of drug-likeness (QED) is 0.838. The number of benzene rings is 1. The number of anilines is 1. The highest BCUT2D eigenvalue weighted by atomic mass is 35.5. The number of hydrogen-bond acceptors (Lipinski definition) is 3. The van der Waals surface area contributed by atoms with E-state index >= 15 is 0 Å². The Morgan fingerprint density at radius 3 is 3.11 bits per heavy atom. The minimum atomic E-state index is -0.0840. The number of nitrogens with one attached hydrogen (secondary N) is 1. The largest absolute Gasteiger partial charge is 0.506 e. The van der Waals surface area contributed by atoms with Crippen molar-refractivity contribution in [3.8, 4) is 5.75 Å². The third-order valence-electron chi connectivity index (χ3n) is 3.41. The van der Waals surface area contributed by atoms with Crippen LogP contribution in [0.25, 0.3) is 0 Å². The van der Waals surface area contributed by atoms with E-state index in [9.17, 15) is 9.90 Å². The summed E-state index contributed by atoms with van der Waals surface area (Å²) in [6.07, 6.45) is 2.50. The van der Waals surface area contributed by atoms with Crippen LogP contribution >= 0.6 is 11.6 Å². The minimum Gasteiger partial charge on any atom is -0.506 e.